The summed E-state index contributed by atoms with van der Waals surface area (Å²) < 4.78 is 22.8. The molecule has 0 heterocycles. The van der Waals surface area contributed by atoms with Gasteiger partial charge in [0.1, 0.15) is 5.75 Å². The molecule has 0 aliphatic carbocycles. The zero-order chi connectivity index (χ0) is 10.8. The van der Waals surface area contributed by atoms with Crippen LogP contribution >= 0.6 is 0 Å². The summed E-state index contributed by atoms with van der Waals surface area (Å²) in [6, 6.07) is 5.59. The Kier molecular flexibility index (Phi) is 7.64. The van der Waals surface area contributed by atoms with E-state index in [1.54, 1.807) is 0 Å². The molecule has 0 fully saturated rings. The molecule has 85 valence electrons. The zero-order valence-corrected chi connectivity index (χ0v) is 11.6. The first-order chi connectivity index (χ1) is 6.42. The van der Waals surface area contributed by atoms with Crippen LogP contribution in [0.4, 0.5) is 5.69 Å². The third kappa shape index (κ3) is 4.95. The number of benzene rings is 1. The predicted octanol–water partition coefficient (Wildman–Crippen LogP) is -1.68. The minimum Gasteiger partial charge on any atom is -0.412 e. The van der Waals surface area contributed by atoms with Crippen LogP contribution in [0, 0.1) is 0 Å². The molecule has 6 nitrogen and oxygen atoms in total. The number of nitrogen functional groups attached to an aromatic ring is 1. The van der Waals surface area contributed by atoms with Crippen molar-refractivity contribution in [3.8, 4) is 0 Å². The van der Waals surface area contributed by atoms with Crippen molar-refractivity contribution in [1.82, 2.24) is 0 Å². The van der Waals surface area contributed by atoms with Gasteiger partial charge in [-0.3, -0.25) is 4.79 Å². The molecule has 1 radical (unpaired) electrons. The van der Waals surface area contributed by atoms with E-state index in [4.69, 9.17) is 11.5 Å². The van der Waals surface area contributed by atoms with Crippen molar-refractivity contribution in [3.63, 3.8) is 0 Å². The monoisotopic (exact) mass is 255 g/mol. The molecule has 1 rings (SSSR count). The standard InChI is InChI=1S/C8H10N2O3S.Na.H2O/c9-6-1-3-7(4-2-6)14(12,13)5-8(10)11;;/h1-4H,5,9H2,(H2,10,11);;1H2. The molecular formula is C8H12N2NaO4S. The fraction of sp³-hybridized carbons (Fsp3) is 0.125. The second-order valence-electron chi connectivity index (χ2n) is 2.79. The number of carbonyl (C=O) groups excluding carboxylic acids is 1. The first-order valence-corrected chi connectivity index (χ1v) is 5.43. The second kappa shape index (κ2) is 6.87. The van der Waals surface area contributed by atoms with Crippen molar-refractivity contribution in [2.24, 2.45) is 5.73 Å². The van der Waals surface area contributed by atoms with Crippen LogP contribution in [0.3, 0.4) is 0 Å². The second-order valence-corrected chi connectivity index (χ2v) is 4.78. The third-order valence-electron chi connectivity index (χ3n) is 1.57. The van der Waals surface area contributed by atoms with E-state index in [9.17, 15) is 13.2 Å². The maximum atomic E-state index is 11.4. The Morgan fingerprint density at radius 2 is 1.62 bits per heavy atom. The summed E-state index contributed by atoms with van der Waals surface area (Å²) >= 11 is 0. The SMILES string of the molecule is NC(=O)CS(=O)(=O)c1ccc(N)cc1.O.[Na]. The Balaban J connectivity index is 0. The number of hydrogen-bond donors (Lipinski definition) is 2. The minimum absolute atomic E-state index is 0. The van der Waals surface area contributed by atoms with Gasteiger partial charge in [-0.25, -0.2) is 8.42 Å². The number of primary amides is 1. The molecule has 0 unspecified atom stereocenters. The summed E-state index contributed by atoms with van der Waals surface area (Å²) in [5.41, 5.74) is 10.6. The van der Waals surface area contributed by atoms with Crippen molar-refractivity contribution in [2.75, 3.05) is 11.5 Å². The number of nitrogens with two attached hydrogens (primary N) is 2. The topological polar surface area (TPSA) is 135 Å². The maximum Gasteiger partial charge on any atom is 0.233 e. The Morgan fingerprint density at radius 1 is 1.19 bits per heavy atom. The molecule has 0 atom stereocenters. The van der Waals surface area contributed by atoms with Gasteiger partial charge in [-0.2, -0.15) is 0 Å². The van der Waals surface area contributed by atoms with Gasteiger partial charge in [0.2, 0.25) is 5.91 Å². The van der Waals surface area contributed by atoms with Crippen LogP contribution in [0.25, 0.3) is 0 Å². The van der Waals surface area contributed by atoms with Crippen molar-refractivity contribution >= 4 is 51.0 Å². The van der Waals surface area contributed by atoms with Crippen LogP contribution in [-0.2, 0) is 14.6 Å². The molecule has 1 aromatic rings. The number of carbonyl (C=O) groups is 1. The van der Waals surface area contributed by atoms with Gasteiger partial charge in [-0.15, -0.1) is 0 Å². The fourth-order valence-corrected chi connectivity index (χ4v) is 2.04. The van der Waals surface area contributed by atoms with E-state index >= 15 is 0 Å². The van der Waals surface area contributed by atoms with E-state index in [1.165, 1.54) is 24.3 Å². The average molecular weight is 255 g/mol. The fourth-order valence-electron chi connectivity index (χ4n) is 0.946. The summed E-state index contributed by atoms with van der Waals surface area (Å²) in [5, 5.41) is 0. The smallest absolute Gasteiger partial charge is 0.233 e. The third-order valence-corrected chi connectivity index (χ3v) is 3.23. The van der Waals surface area contributed by atoms with Crippen LogP contribution < -0.4 is 11.5 Å². The van der Waals surface area contributed by atoms with E-state index in [1.807, 2.05) is 0 Å². The average Bonchev–Trinajstić information content (AvgIpc) is 2.02. The van der Waals surface area contributed by atoms with E-state index in [2.05, 4.69) is 0 Å². The van der Waals surface area contributed by atoms with Gasteiger partial charge in [0.15, 0.2) is 9.84 Å². The van der Waals surface area contributed by atoms with Gasteiger partial charge in [-0.05, 0) is 24.3 Å². The summed E-state index contributed by atoms with van der Waals surface area (Å²) in [7, 11) is -3.61. The molecule has 0 aliphatic rings. The molecule has 6 N–H and O–H groups in total. The minimum atomic E-state index is -3.61. The van der Waals surface area contributed by atoms with Crippen LogP contribution in [0.15, 0.2) is 29.2 Å². The first kappa shape index (κ1) is 17.8. The van der Waals surface area contributed by atoms with Gasteiger partial charge in [-0.1, -0.05) is 0 Å². The molecule has 0 aromatic heterocycles. The molecule has 0 spiro atoms. The van der Waals surface area contributed by atoms with E-state index in [-0.39, 0.29) is 39.9 Å². The van der Waals surface area contributed by atoms with Gasteiger partial charge in [0.25, 0.3) is 0 Å². The van der Waals surface area contributed by atoms with Crippen molar-refractivity contribution in [2.45, 2.75) is 4.90 Å². The van der Waals surface area contributed by atoms with Gasteiger partial charge >= 0.3 is 0 Å². The van der Waals surface area contributed by atoms with Gasteiger partial charge in [0.05, 0.1) is 4.90 Å². The molecule has 0 saturated carbocycles. The quantitative estimate of drug-likeness (QED) is 0.492. The molecule has 0 aliphatic heterocycles. The predicted molar refractivity (Wildman–Crippen MR) is 61.5 cm³/mol. The van der Waals surface area contributed by atoms with Gasteiger partial charge < -0.3 is 16.9 Å². The number of sulfone groups is 1. The van der Waals surface area contributed by atoms with Crippen molar-refractivity contribution in [1.29, 1.82) is 0 Å². The normalized spacial score (nSPS) is 9.75. The summed E-state index contributed by atoms with van der Waals surface area (Å²) in [6.45, 7) is 0. The van der Waals surface area contributed by atoms with Gasteiger partial charge in [0, 0.05) is 35.2 Å². The number of hydrogen-bond acceptors (Lipinski definition) is 4. The Morgan fingerprint density at radius 3 is 2.00 bits per heavy atom. The molecule has 0 bridgehead atoms. The van der Waals surface area contributed by atoms with Crippen LogP contribution in [-0.4, -0.2) is 55.1 Å². The number of anilines is 1. The Labute approximate surface area is 116 Å². The molecule has 1 amide bonds. The van der Waals surface area contributed by atoms with Crippen LogP contribution in [0.1, 0.15) is 0 Å². The van der Waals surface area contributed by atoms with E-state index < -0.39 is 21.5 Å². The zero-order valence-electron chi connectivity index (χ0n) is 8.80. The summed E-state index contributed by atoms with van der Waals surface area (Å²) in [4.78, 5) is 10.5. The van der Waals surface area contributed by atoms with E-state index in [0.29, 0.717) is 5.69 Å². The van der Waals surface area contributed by atoms with Crippen LogP contribution in [0.5, 0.6) is 0 Å². The molecular weight excluding hydrogens is 243 g/mol. The molecule has 0 saturated heterocycles. The van der Waals surface area contributed by atoms with Crippen molar-refractivity contribution in [3.05, 3.63) is 24.3 Å². The first-order valence-electron chi connectivity index (χ1n) is 3.78. The van der Waals surface area contributed by atoms with E-state index in [0.717, 1.165) is 0 Å². The number of amides is 1. The summed E-state index contributed by atoms with van der Waals surface area (Å²) in [6.07, 6.45) is 0. The molecule has 1 aromatic carbocycles. The Bertz CT molecular complexity index is 444. The molecule has 8 heteroatoms. The molecule has 16 heavy (non-hydrogen) atoms. The Hall–Kier alpha value is -0.600. The number of rotatable bonds is 3. The van der Waals surface area contributed by atoms with Crippen molar-refractivity contribution < 1.29 is 18.7 Å². The van der Waals surface area contributed by atoms with Crippen LogP contribution in [0.2, 0.25) is 0 Å². The maximum absolute atomic E-state index is 11.4. The largest absolute Gasteiger partial charge is 0.412 e. The summed E-state index contributed by atoms with van der Waals surface area (Å²) in [5.74, 6) is -1.56.